The zero-order valence-corrected chi connectivity index (χ0v) is 12.4. The van der Waals surface area contributed by atoms with Gasteiger partial charge in [-0.1, -0.05) is 38.1 Å². The fourth-order valence-corrected chi connectivity index (χ4v) is 3.27. The van der Waals surface area contributed by atoms with Gasteiger partial charge in [0.1, 0.15) is 0 Å². The van der Waals surface area contributed by atoms with Gasteiger partial charge in [-0.25, -0.2) is 0 Å². The molecule has 2 atom stereocenters. The summed E-state index contributed by atoms with van der Waals surface area (Å²) in [6, 6.07) is 8.71. The minimum atomic E-state index is -0.0734. The number of nitrogens with two attached hydrogens (primary N) is 1. The van der Waals surface area contributed by atoms with Crippen LogP contribution in [0.3, 0.4) is 0 Å². The Kier molecular flexibility index (Phi) is 3.55. The number of carbonyl (C=O) groups excluding carboxylic acids is 1. The van der Waals surface area contributed by atoms with Crippen LogP contribution in [0.15, 0.2) is 24.3 Å². The summed E-state index contributed by atoms with van der Waals surface area (Å²) in [6.45, 7) is 5.09. The van der Waals surface area contributed by atoms with Gasteiger partial charge in [0.25, 0.3) is 0 Å². The molecule has 1 heterocycles. The first-order valence-electron chi connectivity index (χ1n) is 7.71. The predicted molar refractivity (Wildman–Crippen MR) is 80.3 cm³/mol. The zero-order valence-electron chi connectivity index (χ0n) is 12.4. The number of hydrogen-bond donors (Lipinski definition) is 1. The van der Waals surface area contributed by atoms with E-state index in [2.05, 4.69) is 38.1 Å². The minimum absolute atomic E-state index is 0.0589. The van der Waals surface area contributed by atoms with Gasteiger partial charge in [0, 0.05) is 19.0 Å². The number of amides is 1. The number of benzene rings is 1. The predicted octanol–water partition coefficient (Wildman–Crippen LogP) is 2.82. The Morgan fingerprint density at radius 3 is 2.65 bits per heavy atom. The maximum Gasteiger partial charge on any atom is 0.224 e. The molecule has 1 aliphatic heterocycles. The molecule has 0 radical (unpaired) electrons. The molecule has 1 aliphatic carbocycles. The summed E-state index contributed by atoms with van der Waals surface area (Å²) in [4.78, 5) is 14.2. The highest BCUT2D eigenvalue weighted by molar-refractivity contribution is 5.80. The monoisotopic (exact) mass is 272 g/mol. The standard InChI is InChI=1S/C17H24N2O/c1-11(2)10-19-16(20)9-15(18)17(19)14-5-3-4-13(8-14)12-6-7-12/h3-5,8,11-12,15,17H,6-7,9-10,18H2,1-2H3. The molecule has 1 aromatic rings. The molecule has 1 saturated heterocycles. The third-order valence-corrected chi connectivity index (χ3v) is 4.33. The highest BCUT2D eigenvalue weighted by Gasteiger charge is 2.39. The van der Waals surface area contributed by atoms with E-state index in [-0.39, 0.29) is 18.0 Å². The van der Waals surface area contributed by atoms with Crippen molar-refractivity contribution in [2.45, 2.75) is 51.1 Å². The molecule has 2 fully saturated rings. The maximum absolute atomic E-state index is 12.2. The molecule has 0 bridgehead atoms. The number of nitrogens with zero attached hydrogens (tertiary/aromatic N) is 1. The summed E-state index contributed by atoms with van der Waals surface area (Å²) in [5, 5.41) is 0. The molecule has 2 unspecified atom stereocenters. The number of hydrogen-bond acceptors (Lipinski definition) is 2. The Morgan fingerprint density at radius 2 is 2.00 bits per heavy atom. The van der Waals surface area contributed by atoms with E-state index >= 15 is 0 Å². The SMILES string of the molecule is CC(C)CN1C(=O)CC(N)C1c1cccc(C2CC2)c1. The highest BCUT2D eigenvalue weighted by atomic mass is 16.2. The molecule has 108 valence electrons. The fourth-order valence-electron chi connectivity index (χ4n) is 3.27. The van der Waals surface area contributed by atoms with Crippen LogP contribution >= 0.6 is 0 Å². The summed E-state index contributed by atoms with van der Waals surface area (Å²) < 4.78 is 0. The number of rotatable bonds is 4. The molecular weight excluding hydrogens is 248 g/mol. The van der Waals surface area contributed by atoms with E-state index in [1.807, 2.05) is 4.90 Å². The quantitative estimate of drug-likeness (QED) is 0.916. The topological polar surface area (TPSA) is 46.3 Å². The molecule has 3 nitrogen and oxygen atoms in total. The maximum atomic E-state index is 12.2. The number of carbonyl (C=O) groups is 1. The second-order valence-electron chi connectivity index (χ2n) is 6.70. The molecule has 2 N–H and O–H groups in total. The average Bonchev–Trinajstić information content (AvgIpc) is 3.18. The van der Waals surface area contributed by atoms with Gasteiger partial charge in [0.2, 0.25) is 5.91 Å². The molecule has 20 heavy (non-hydrogen) atoms. The average molecular weight is 272 g/mol. The van der Waals surface area contributed by atoms with Crippen LogP contribution < -0.4 is 5.73 Å². The van der Waals surface area contributed by atoms with Crippen molar-refractivity contribution in [1.82, 2.24) is 4.90 Å². The molecule has 3 rings (SSSR count). The van der Waals surface area contributed by atoms with Gasteiger partial charge in [-0.2, -0.15) is 0 Å². The van der Waals surface area contributed by atoms with E-state index in [0.717, 1.165) is 12.5 Å². The van der Waals surface area contributed by atoms with Crippen LogP contribution in [-0.2, 0) is 4.79 Å². The van der Waals surface area contributed by atoms with Gasteiger partial charge >= 0.3 is 0 Å². The van der Waals surface area contributed by atoms with Gasteiger partial charge in [-0.3, -0.25) is 4.79 Å². The number of likely N-dealkylation sites (tertiary alicyclic amines) is 1. The first-order valence-corrected chi connectivity index (χ1v) is 7.71. The molecule has 1 amide bonds. The van der Waals surface area contributed by atoms with Crippen molar-refractivity contribution in [3.8, 4) is 0 Å². The van der Waals surface area contributed by atoms with Gasteiger partial charge in [0.05, 0.1) is 6.04 Å². The normalized spacial score (nSPS) is 26.6. The smallest absolute Gasteiger partial charge is 0.224 e. The second-order valence-corrected chi connectivity index (χ2v) is 6.70. The van der Waals surface area contributed by atoms with Gasteiger partial charge in [-0.15, -0.1) is 0 Å². The Hall–Kier alpha value is -1.35. The first-order chi connectivity index (χ1) is 9.56. The van der Waals surface area contributed by atoms with Crippen LogP contribution in [0.1, 0.15) is 56.2 Å². The molecule has 0 aromatic heterocycles. The van der Waals surface area contributed by atoms with Crippen LogP contribution in [0.25, 0.3) is 0 Å². The Morgan fingerprint density at radius 1 is 1.30 bits per heavy atom. The second kappa shape index (κ2) is 5.21. The molecular formula is C17H24N2O. The van der Waals surface area contributed by atoms with E-state index in [4.69, 9.17) is 5.73 Å². The van der Waals surface area contributed by atoms with Crippen LogP contribution in [0.2, 0.25) is 0 Å². The van der Waals surface area contributed by atoms with Crippen LogP contribution in [-0.4, -0.2) is 23.4 Å². The Labute approximate surface area is 121 Å². The Bertz CT molecular complexity index is 507. The van der Waals surface area contributed by atoms with Crippen molar-refractivity contribution >= 4 is 5.91 Å². The molecule has 1 aromatic carbocycles. The van der Waals surface area contributed by atoms with E-state index in [1.54, 1.807) is 0 Å². The third kappa shape index (κ3) is 2.59. The van der Waals surface area contributed by atoms with Crippen molar-refractivity contribution in [1.29, 1.82) is 0 Å². The zero-order chi connectivity index (χ0) is 14.3. The van der Waals surface area contributed by atoms with Gasteiger partial charge in [0.15, 0.2) is 0 Å². The van der Waals surface area contributed by atoms with E-state index in [9.17, 15) is 4.79 Å². The summed E-state index contributed by atoms with van der Waals surface area (Å²) >= 11 is 0. The summed E-state index contributed by atoms with van der Waals surface area (Å²) in [5.41, 5.74) is 8.88. The van der Waals surface area contributed by atoms with Gasteiger partial charge < -0.3 is 10.6 Å². The van der Waals surface area contributed by atoms with Crippen LogP contribution in [0.4, 0.5) is 0 Å². The molecule has 2 aliphatic rings. The van der Waals surface area contributed by atoms with Crippen molar-refractivity contribution in [2.24, 2.45) is 11.7 Å². The lowest BCUT2D eigenvalue weighted by molar-refractivity contribution is -0.129. The summed E-state index contributed by atoms with van der Waals surface area (Å²) in [5.74, 6) is 1.41. The highest BCUT2D eigenvalue weighted by Crippen LogP contribution is 2.42. The largest absolute Gasteiger partial charge is 0.334 e. The lowest BCUT2D eigenvalue weighted by Crippen LogP contribution is -2.35. The van der Waals surface area contributed by atoms with Crippen molar-refractivity contribution in [3.63, 3.8) is 0 Å². The lowest BCUT2D eigenvalue weighted by atomic mass is 9.97. The van der Waals surface area contributed by atoms with Gasteiger partial charge in [-0.05, 0) is 35.8 Å². The van der Waals surface area contributed by atoms with Crippen LogP contribution in [0.5, 0.6) is 0 Å². The molecule has 1 saturated carbocycles. The van der Waals surface area contributed by atoms with Crippen molar-refractivity contribution in [3.05, 3.63) is 35.4 Å². The summed E-state index contributed by atoms with van der Waals surface area (Å²) in [7, 11) is 0. The lowest BCUT2D eigenvalue weighted by Gasteiger charge is -2.29. The molecule has 0 spiro atoms. The summed E-state index contributed by atoms with van der Waals surface area (Å²) in [6.07, 6.45) is 3.08. The van der Waals surface area contributed by atoms with Crippen molar-refractivity contribution in [2.75, 3.05) is 6.54 Å². The fraction of sp³-hybridized carbons (Fsp3) is 0.588. The first kappa shape index (κ1) is 13.6. The third-order valence-electron chi connectivity index (χ3n) is 4.33. The van der Waals surface area contributed by atoms with Crippen LogP contribution in [0, 0.1) is 5.92 Å². The molecule has 3 heteroatoms. The van der Waals surface area contributed by atoms with E-state index in [0.29, 0.717) is 12.3 Å². The van der Waals surface area contributed by atoms with Crippen molar-refractivity contribution < 1.29 is 4.79 Å². The van der Waals surface area contributed by atoms with E-state index in [1.165, 1.54) is 24.0 Å². The Balaban J connectivity index is 1.89. The van der Waals surface area contributed by atoms with E-state index < -0.39 is 0 Å². The minimum Gasteiger partial charge on any atom is -0.334 e.